The smallest absolute Gasteiger partial charge is 0.309 e. The number of Topliss-reactive ketones (excluding diaryl/α,β-unsaturated/α-hetero) is 1. The van der Waals surface area contributed by atoms with Crippen molar-refractivity contribution in [1.29, 1.82) is 0 Å². The van der Waals surface area contributed by atoms with Gasteiger partial charge in [-0.3, -0.25) is 9.59 Å². The predicted octanol–water partition coefficient (Wildman–Crippen LogP) is 1.23. The van der Waals surface area contributed by atoms with Crippen LogP contribution in [0.5, 0.6) is 0 Å². The molecule has 66 valence electrons. The fraction of sp³-hybridized carbons (Fsp3) is 0.556. The van der Waals surface area contributed by atoms with Crippen LogP contribution in [-0.4, -0.2) is 18.9 Å². The zero-order valence-corrected chi connectivity index (χ0v) is 7.13. The molecule has 3 nitrogen and oxygen atoms in total. The second kappa shape index (κ2) is 4.04. The lowest BCUT2D eigenvalue weighted by Crippen LogP contribution is -1.97. The summed E-state index contributed by atoms with van der Waals surface area (Å²) in [5.74, 6) is 0.0213. The van der Waals surface area contributed by atoms with Crippen LogP contribution in [0.3, 0.4) is 0 Å². The number of esters is 1. The molecular weight excluding hydrogens is 156 g/mol. The van der Waals surface area contributed by atoms with E-state index in [1.807, 2.05) is 0 Å². The third kappa shape index (κ3) is 2.49. The second-order valence-corrected chi connectivity index (χ2v) is 2.86. The Bertz CT molecular complexity index is 228. The number of methoxy groups -OCH3 is 1. The van der Waals surface area contributed by atoms with Gasteiger partial charge in [-0.2, -0.15) is 0 Å². The van der Waals surface area contributed by atoms with Crippen LogP contribution < -0.4 is 0 Å². The number of hydrogen-bond acceptors (Lipinski definition) is 3. The number of ketones is 1. The molecular formula is C9H12O3. The lowest BCUT2D eigenvalue weighted by molar-refractivity contribution is -0.139. The van der Waals surface area contributed by atoms with E-state index in [1.54, 1.807) is 6.08 Å². The van der Waals surface area contributed by atoms with Crippen molar-refractivity contribution in [1.82, 2.24) is 0 Å². The molecule has 0 bridgehead atoms. The lowest BCUT2D eigenvalue weighted by atomic mass is 10.2. The van der Waals surface area contributed by atoms with E-state index in [1.165, 1.54) is 7.11 Å². The van der Waals surface area contributed by atoms with Crippen molar-refractivity contribution in [2.75, 3.05) is 7.11 Å². The minimum Gasteiger partial charge on any atom is -0.469 e. The van der Waals surface area contributed by atoms with Crippen LogP contribution >= 0.6 is 0 Å². The molecule has 1 rings (SSSR count). The Kier molecular flexibility index (Phi) is 3.02. The molecule has 0 heterocycles. The molecule has 1 aliphatic carbocycles. The largest absolute Gasteiger partial charge is 0.469 e. The van der Waals surface area contributed by atoms with Gasteiger partial charge in [-0.05, 0) is 6.42 Å². The Hall–Kier alpha value is -1.12. The Balaban J connectivity index is 2.37. The summed E-state index contributed by atoms with van der Waals surface area (Å²) in [4.78, 5) is 21.5. The van der Waals surface area contributed by atoms with Crippen LogP contribution in [-0.2, 0) is 14.3 Å². The number of carbonyl (C=O) groups excluding carboxylic acids is 2. The molecule has 3 heteroatoms. The van der Waals surface area contributed by atoms with Gasteiger partial charge in [0, 0.05) is 12.8 Å². The number of carbonyl (C=O) groups is 2. The molecule has 12 heavy (non-hydrogen) atoms. The first-order chi connectivity index (χ1) is 5.72. The number of rotatable bonds is 2. The standard InChI is InChI=1S/C9H12O3/c1-12-9(11)5-3-7-2-4-8(10)6-7/h3H,2,4-6H2,1H3/b7-3-. The molecule has 0 unspecified atom stereocenters. The first-order valence-corrected chi connectivity index (χ1v) is 3.99. The molecule has 1 fully saturated rings. The van der Waals surface area contributed by atoms with Crippen molar-refractivity contribution in [3.8, 4) is 0 Å². The van der Waals surface area contributed by atoms with Crippen LogP contribution in [0.4, 0.5) is 0 Å². The zero-order chi connectivity index (χ0) is 8.97. The predicted molar refractivity (Wildman–Crippen MR) is 43.6 cm³/mol. The molecule has 0 spiro atoms. The molecule has 0 radical (unpaired) electrons. The van der Waals surface area contributed by atoms with Gasteiger partial charge in [0.2, 0.25) is 0 Å². The quantitative estimate of drug-likeness (QED) is 0.460. The van der Waals surface area contributed by atoms with Gasteiger partial charge in [0.25, 0.3) is 0 Å². The van der Waals surface area contributed by atoms with E-state index in [0.29, 0.717) is 19.3 Å². The van der Waals surface area contributed by atoms with E-state index in [-0.39, 0.29) is 11.8 Å². The van der Waals surface area contributed by atoms with Crippen molar-refractivity contribution in [3.05, 3.63) is 11.6 Å². The van der Waals surface area contributed by atoms with Gasteiger partial charge in [-0.1, -0.05) is 11.6 Å². The molecule has 0 atom stereocenters. The third-order valence-electron chi connectivity index (χ3n) is 1.93. The number of allylic oxidation sites excluding steroid dienone is 1. The fourth-order valence-corrected chi connectivity index (χ4v) is 1.22. The van der Waals surface area contributed by atoms with Gasteiger partial charge in [0.05, 0.1) is 13.5 Å². The first-order valence-electron chi connectivity index (χ1n) is 3.99. The van der Waals surface area contributed by atoms with Gasteiger partial charge in [0.15, 0.2) is 0 Å². The van der Waals surface area contributed by atoms with E-state index in [0.717, 1.165) is 12.0 Å². The van der Waals surface area contributed by atoms with Gasteiger partial charge in [0.1, 0.15) is 5.78 Å². The molecule has 1 saturated carbocycles. The van der Waals surface area contributed by atoms with Gasteiger partial charge < -0.3 is 4.74 Å². The maximum Gasteiger partial charge on any atom is 0.309 e. The topological polar surface area (TPSA) is 43.4 Å². The van der Waals surface area contributed by atoms with Crippen LogP contribution in [0.25, 0.3) is 0 Å². The van der Waals surface area contributed by atoms with Gasteiger partial charge in [-0.25, -0.2) is 0 Å². The Morgan fingerprint density at radius 2 is 2.33 bits per heavy atom. The Morgan fingerprint density at radius 3 is 2.83 bits per heavy atom. The van der Waals surface area contributed by atoms with E-state index < -0.39 is 0 Å². The summed E-state index contributed by atoms with van der Waals surface area (Å²) in [6.45, 7) is 0. The van der Waals surface area contributed by atoms with E-state index in [4.69, 9.17) is 0 Å². The summed E-state index contributed by atoms with van der Waals surface area (Å²) in [5.41, 5.74) is 1.07. The molecule has 0 saturated heterocycles. The molecule has 0 aromatic carbocycles. The maximum absolute atomic E-state index is 10.8. The van der Waals surface area contributed by atoms with Gasteiger partial charge >= 0.3 is 5.97 Å². The van der Waals surface area contributed by atoms with Crippen LogP contribution in [0.2, 0.25) is 0 Å². The zero-order valence-electron chi connectivity index (χ0n) is 7.13. The highest BCUT2D eigenvalue weighted by Gasteiger charge is 2.14. The summed E-state index contributed by atoms with van der Waals surface area (Å²) >= 11 is 0. The highest BCUT2D eigenvalue weighted by molar-refractivity contribution is 5.84. The maximum atomic E-state index is 10.8. The highest BCUT2D eigenvalue weighted by atomic mass is 16.5. The van der Waals surface area contributed by atoms with Gasteiger partial charge in [-0.15, -0.1) is 0 Å². The lowest BCUT2D eigenvalue weighted by Gasteiger charge is -1.94. The number of ether oxygens (including phenoxy) is 1. The molecule has 0 aromatic rings. The van der Waals surface area contributed by atoms with E-state index in [2.05, 4.69) is 4.74 Å². The summed E-state index contributed by atoms with van der Waals surface area (Å²) in [7, 11) is 1.36. The first kappa shape index (κ1) is 8.97. The monoisotopic (exact) mass is 168 g/mol. The summed E-state index contributed by atoms with van der Waals surface area (Å²) in [6, 6.07) is 0. The SMILES string of the molecule is COC(=O)C/C=C1/CCC(=O)C1. The molecule has 0 N–H and O–H groups in total. The summed E-state index contributed by atoms with van der Waals surface area (Å²) < 4.78 is 4.47. The van der Waals surface area contributed by atoms with Crippen LogP contribution in [0, 0.1) is 0 Å². The van der Waals surface area contributed by atoms with Crippen molar-refractivity contribution in [3.63, 3.8) is 0 Å². The molecule has 1 aliphatic rings. The fourth-order valence-electron chi connectivity index (χ4n) is 1.22. The van der Waals surface area contributed by atoms with E-state index in [9.17, 15) is 9.59 Å². The van der Waals surface area contributed by atoms with Crippen molar-refractivity contribution in [2.45, 2.75) is 25.7 Å². The van der Waals surface area contributed by atoms with Crippen molar-refractivity contribution in [2.24, 2.45) is 0 Å². The second-order valence-electron chi connectivity index (χ2n) is 2.86. The third-order valence-corrected chi connectivity index (χ3v) is 1.93. The average Bonchev–Trinajstić information content (AvgIpc) is 2.47. The summed E-state index contributed by atoms with van der Waals surface area (Å²) in [5, 5.41) is 0. The molecule has 0 aliphatic heterocycles. The van der Waals surface area contributed by atoms with Crippen LogP contribution in [0.15, 0.2) is 11.6 Å². The average molecular weight is 168 g/mol. The minimum atomic E-state index is -0.248. The van der Waals surface area contributed by atoms with Crippen molar-refractivity contribution < 1.29 is 14.3 Å². The summed E-state index contributed by atoms with van der Waals surface area (Å²) in [6.07, 6.45) is 4.07. The number of hydrogen-bond donors (Lipinski definition) is 0. The Morgan fingerprint density at radius 1 is 1.58 bits per heavy atom. The molecule has 0 amide bonds. The van der Waals surface area contributed by atoms with Crippen LogP contribution in [0.1, 0.15) is 25.7 Å². The normalized spacial score (nSPS) is 20.1. The van der Waals surface area contributed by atoms with Crippen molar-refractivity contribution >= 4 is 11.8 Å². The minimum absolute atomic E-state index is 0.248. The Labute approximate surface area is 71.4 Å². The molecule has 0 aromatic heterocycles. The highest BCUT2D eigenvalue weighted by Crippen LogP contribution is 2.20. The van der Waals surface area contributed by atoms with E-state index >= 15 is 0 Å².